The third-order valence-corrected chi connectivity index (χ3v) is 8.46. The molecule has 2 aromatic carbocycles. The van der Waals surface area contributed by atoms with Gasteiger partial charge in [-0.1, -0.05) is 18.2 Å². The molecule has 2 aliphatic rings. The van der Waals surface area contributed by atoms with E-state index >= 15 is 0 Å². The second kappa shape index (κ2) is 12.0. The first-order valence-electron chi connectivity index (χ1n) is 14.9. The minimum Gasteiger partial charge on any atom is -0.495 e. The van der Waals surface area contributed by atoms with E-state index in [1.807, 2.05) is 52.0 Å². The summed E-state index contributed by atoms with van der Waals surface area (Å²) < 4.78 is 47.6. The van der Waals surface area contributed by atoms with Crippen molar-refractivity contribution < 1.29 is 27.8 Å². The largest absolute Gasteiger partial charge is 0.495 e. The molecule has 1 atom stereocenters. The van der Waals surface area contributed by atoms with E-state index < -0.39 is 22.8 Å². The van der Waals surface area contributed by atoms with E-state index in [0.717, 1.165) is 48.8 Å². The molecule has 1 aromatic heterocycles. The van der Waals surface area contributed by atoms with Crippen molar-refractivity contribution in [3.8, 4) is 5.75 Å². The molecule has 1 unspecified atom stereocenters. The van der Waals surface area contributed by atoms with Crippen LogP contribution in [-0.2, 0) is 29.2 Å². The number of piperidine rings is 1. The fourth-order valence-corrected chi connectivity index (χ4v) is 6.40. The summed E-state index contributed by atoms with van der Waals surface area (Å²) in [5.74, 6) is 0.687. The standard InChI is InChI=1S/C33H40F3N5O3/c1-31(2,43)19-41-15-7-9-22(18-41)21-12-14-25(27(16-21)44-5)40-30-37-17-23(33(34,35)36)24(39-30)13-11-20-8-6-10-26-28(20)32(3,4)29(42)38-26/h6,8,10,12,14,16-17,22,43H,7,9,11,13,15,18-19H2,1-5H3,(H,38,42)(H,37,39,40). The highest BCUT2D eigenvalue weighted by Gasteiger charge is 2.40. The van der Waals surface area contributed by atoms with E-state index in [-0.39, 0.29) is 36.3 Å². The highest BCUT2D eigenvalue weighted by molar-refractivity contribution is 6.06. The maximum atomic E-state index is 14.0. The Kier molecular flexibility index (Phi) is 8.65. The Labute approximate surface area is 256 Å². The summed E-state index contributed by atoms with van der Waals surface area (Å²) in [5, 5.41) is 16.2. The number of hydrogen-bond donors (Lipinski definition) is 3. The molecular weight excluding hydrogens is 571 g/mol. The second-order valence-corrected chi connectivity index (χ2v) is 12.9. The van der Waals surface area contributed by atoms with Crippen LogP contribution in [-0.4, -0.2) is 58.2 Å². The number of benzene rings is 2. The third kappa shape index (κ3) is 6.83. The number of ether oxygens (including phenoxy) is 1. The Bertz CT molecular complexity index is 1530. The van der Waals surface area contributed by atoms with Gasteiger partial charge in [-0.3, -0.25) is 9.69 Å². The number of aryl methyl sites for hydroxylation is 2. The van der Waals surface area contributed by atoms with Gasteiger partial charge >= 0.3 is 6.18 Å². The first-order chi connectivity index (χ1) is 20.7. The molecule has 11 heteroatoms. The molecule has 0 radical (unpaired) electrons. The monoisotopic (exact) mass is 611 g/mol. The number of fused-ring (bicyclic) bond motifs is 1. The molecule has 3 N–H and O–H groups in total. The summed E-state index contributed by atoms with van der Waals surface area (Å²) in [6.45, 7) is 9.58. The summed E-state index contributed by atoms with van der Waals surface area (Å²) in [5.41, 5.74) is 1.34. The van der Waals surface area contributed by atoms with Gasteiger partial charge in [0.2, 0.25) is 11.9 Å². The lowest BCUT2D eigenvalue weighted by molar-refractivity contribution is -0.138. The van der Waals surface area contributed by atoms with Gasteiger partial charge in [0.25, 0.3) is 0 Å². The van der Waals surface area contributed by atoms with Crippen LogP contribution in [0, 0.1) is 0 Å². The normalized spacial score (nSPS) is 18.6. The van der Waals surface area contributed by atoms with Gasteiger partial charge in [0.05, 0.1) is 35.1 Å². The van der Waals surface area contributed by atoms with Crippen molar-refractivity contribution in [3.63, 3.8) is 0 Å². The maximum absolute atomic E-state index is 14.0. The molecule has 1 saturated heterocycles. The summed E-state index contributed by atoms with van der Waals surface area (Å²) in [7, 11) is 1.55. The predicted molar refractivity (Wildman–Crippen MR) is 164 cm³/mol. The number of carbonyl (C=O) groups excluding carboxylic acids is 1. The van der Waals surface area contributed by atoms with Crippen molar-refractivity contribution in [1.82, 2.24) is 14.9 Å². The van der Waals surface area contributed by atoms with Crippen molar-refractivity contribution >= 4 is 23.2 Å². The second-order valence-electron chi connectivity index (χ2n) is 12.9. The van der Waals surface area contributed by atoms with Gasteiger partial charge in [0.1, 0.15) is 5.75 Å². The number of amides is 1. The number of methoxy groups -OCH3 is 1. The van der Waals surface area contributed by atoms with E-state index in [4.69, 9.17) is 4.74 Å². The van der Waals surface area contributed by atoms with Crippen molar-refractivity contribution in [1.29, 1.82) is 0 Å². The Morgan fingerprint density at radius 1 is 1.18 bits per heavy atom. The number of nitrogens with zero attached hydrogens (tertiary/aromatic N) is 3. The number of aromatic nitrogens is 2. The zero-order valence-corrected chi connectivity index (χ0v) is 25.8. The smallest absolute Gasteiger partial charge is 0.419 e. The van der Waals surface area contributed by atoms with E-state index in [1.165, 1.54) is 0 Å². The SMILES string of the molecule is COc1cc(C2CCCN(CC(C)(C)O)C2)ccc1Nc1ncc(C(F)(F)F)c(CCc2cccc3c2C(C)(C)C(=O)N3)n1. The molecule has 8 nitrogen and oxygen atoms in total. The molecule has 1 amide bonds. The van der Waals surface area contributed by atoms with Gasteiger partial charge in [0.15, 0.2) is 0 Å². The van der Waals surface area contributed by atoms with Gasteiger partial charge in [-0.15, -0.1) is 0 Å². The number of alkyl halides is 3. The molecular formula is C33H40F3N5O3. The average molecular weight is 612 g/mol. The number of β-amino-alcohol motifs (C(OH)–C–C–N with tert-alkyl or cyclic N) is 1. The van der Waals surface area contributed by atoms with Crippen LogP contribution in [0.25, 0.3) is 0 Å². The first-order valence-corrected chi connectivity index (χ1v) is 14.9. The van der Waals surface area contributed by atoms with Crippen LogP contribution in [0.2, 0.25) is 0 Å². The number of rotatable bonds is 9. The highest BCUT2D eigenvalue weighted by atomic mass is 19.4. The van der Waals surface area contributed by atoms with E-state index in [9.17, 15) is 23.1 Å². The van der Waals surface area contributed by atoms with Crippen LogP contribution in [0.4, 0.5) is 30.5 Å². The van der Waals surface area contributed by atoms with Crippen LogP contribution < -0.4 is 15.4 Å². The number of carbonyl (C=O) groups is 1. The van der Waals surface area contributed by atoms with E-state index in [1.54, 1.807) is 19.2 Å². The number of likely N-dealkylation sites (tertiary alicyclic amines) is 1. The predicted octanol–water partition coefficient (Wildman–Crippen LogP) is 6.21. The molecule has 5 rings (SSSR count). The molecule has 236 valence electrons. The molecule has 0 spiro atoms. The molecule has 0 saturated carbocycles. The van der Waals surface area contributed by atoms with Gasteiger partial charge in [-0.05, 0) is 101 Å². The van der Waals surface area contributed by atoms with Crippen molar-refractivity contribution in [2.45, 2.75) is 76.5 Å². The Balaban J connectivity index is 1.37. The molecule has 0 aliphatic carbocycles. The quantitative estimate of drug-likeness (QED) is 0.265. The highest BCUT2D eigenvalue weighted by Crippen LogP contribution is 2.41. The zero-order valence-electron chi connectivity index (χ0n) is 25.8. The van der Waals surface area contributed by atoms with Crippen molar-refractivity contribution in [2.24, 2.45) is 0 Å². The third-order valence-electron chi connectivity index (χ3n) is 8.46. The summed E-state index contributed by atoms with van der Waals surface area (Å²) in [6, 6.07) is 11.2. The fourth-order valence-electron chi connectivity index (χ4n) is 6.40. The van der Waals surface area contributed by atoms with Crippen LogP contribution in [0.5, 0.6) is 5.75 Å². The van der Waals surface area contributed by atoms with Gasteiger partial charge < -0.3 is 20.5 Å². The minimum atomic E-state index is -4.62. The van der Waals surface area contributed by atoms with Gasteiger partial charge in [-0.2, -0.15) is 13.2 Å². The summed E-state index contributed by atoms with van der Waals surface area (Å²) in [6.07, 6.45) is -1.51. The van der Waals surface area contributed by atoms with E-state index in [2.05, 4.69) is 25.5 Å². The Hall–Kier alpha value is -3.70. The van der Waals surface area contributed by atoms with Crippen molar-refractivity contribution in [2.75, 3.05) is 37.4 Å². The Morgan fingerprint density at radius 3 is 2.66 bits per heavy atom. The lowest BCUT2D eigenvalue weighted by atomic mass is 9.82. The number of halogens is 3. The lowest BCUT2D eigenvalue weighted by Gasteiger charge is -2.36. The maximum Gasteiger partial charge on any atom is 0.419 e. The average Bonchev–Trinajstić information content (AvgIpc) is 3.18. The number of nitrogens with one attached hydrogen (secondary N) is 2. The fraction of sp³-hybridized carbons (Fsp3) is 0.485. The van der Waals surface area contributed by atoms with Crippen LogP contribution in [0.15, 0.2) is 42.6 Å². The summed E-state index contributed by atoms with van der Waals surface area (Å²) >= 11 is 0. The topological polar surface area (TPSA) is 99.6 Å². The van der Waals surface area contributed by atoms with Crippen LogP contribution in [0.3, 0.4) is 0 Å². The van der Waals surface area contributed by atoms with Gasteiger partial charge in [-0.25, -0.2) is 9.97 Å². The van der Waals surface area contributed by atoms with E-state index in [0.29, 0.717) is 23.7 Å². The summed E-state index contributed by atoms with van der Waals surface area (Å²) in [4.78, 5) is 23.1. The molecule has 3 aromatic rings. The van der Waals surface area contributed by atoms with Crippen LogP contribution in [0.1, 0.15) is 74.4 Å². The molecule has 44 heavy (non-hydrogen) atoms. The molecule has 0 bridgehead atoms. The van der Waals surface area contributed by atoms with Gasteiger partial charge in [0, 0.05) is 25.0 Å². The number of hydrogen-bond acceptors (Lipinski definition) is 7. The first kappa shape index (κ1) is 31.7. The molecule has 1 fully saturated rings. The molecule has 2 aliphatic heterocycles. The Morgan fingerprint density at radius 2 is 1.95 bits per heavy atom. The molecule has 3 heterocycles. The lowest BCUT2D eigenvalue weighted by Crippen LogP contribution is -2.43. The number of aliphatic hydroxyl groups is 1. The van der Waals surface area contributed by atoms with Crippen LogP contribution >= 0.6 is 0 Å². The minimum absolute atomic E-state index is 0.00562. The van der Waals surface area contributed by atoms with Crippen molar-refractivity contribution in [3.05, 3.63) is 70.5 Å². The zero-order chi connectivity index (χ0) is 31.9. The number of anilines is 3.